The number of rotatable bonds is 9. The van der Waals surface area contributed by atoms with Gasteiger partial charge in [0.1, 0.15) is 0 Å². The highest BCUT2D eigenvalue weighted by Crippen LogP contribution is 2.49. The maximum absolute atomic E-state index is 5.49. The van der Waals surface area contributed by atoms with E-state index in [1.165, 1.54) is 60.1 Å². The third-order valence-electron chi connectivity index (χ3n) is 17.0. The number of aromatic nitrogens is 6. The van der Waals surface area contributed by atoms with E-state index in [9.17, 15) is 0 Å². The molecule has 0 amide bonds. The van der Waals surface area contributed by atoms with Crippen LogP contribution in [0.2, 0.25) is 0 Å². The van der Waals surface area contributed by atoms with E-state index < -0.39 is 0 Å². The molecule has 0 fully saturated rings. The quantitative estimate of drug-likeness (QED) is 0.145. The van der Waals surface area contributed by atoms with E-state index in [0.717, 1.165) is 89.1 Å². The molecule has 0 saturated heterocycles. The first-order valence-corrected chi connectivity index (χ1v) is 28.8. The van der Waals surface area contributed by atoms with Gasteiger partial charge in [0.15, 0.2) is 17.5 Å². The molecule has 4 heterocycles. The summed E-state index contributed by atoms with van der Waals surface area (Å²) in [4.78, 5) is 16.2. The second kappa shape index (κ2) is 19.7. The van der Waals surface area contributed by atoms with Gasteiger partial charge in [-0.25, -0.2) is 15.0 Å². The Hall–Kier alpha value is -11.0. The van der Waals surface area contributed by atoms with Crippen LogP contribution in [0.3, 0.4) is 0 Å². The standard InChI is InChI=1S/C78H54N6/c1-49-44-50(2)74(51(3)45-49)54-42-43-73-63(46-54)60-32-14-23-41-72(60)84(73)75-64(61-33-15-21-39-70(61)82-66-35-17-10-28-56(66)57-29-11-18-36-67(57)82)47-55(78-80-76(52-24-6-4-7-25-52)79-77(81-78)53-26-8-5-9-27-53)48-65(75)62-34-16-22-40-71(62)83-68-37-19-12-30-58(68)59-31-13-20-38-69(59)83/h4-48H,1-3H3. The van der Waals surface area contributed by atoms with E-state index in [1.807, 2.05) is 36.4 Å². The van der Waals surface area contributed by atoms with Crippen LogP contribution in [0.4, 0.5) is 0 Å². The largest absolute Gasteiger partial charge is 0.309 e. The highest BCUT2D eigenvalue weighted by atomic mass is 15.0. The second-order valence-electron chi connectivity index (χ2n) is 22.1. The van der Waals surface area contributed by atoms with Crippen molar-refractivity contribution < 1.29 is 0 Å². The Bertz CT molecular complexity index is 4930. The van der Waals surface area contributed by atoms with Crippen LogP contribution in [-0.4, -0.2) is 28.7 Å². The van der Waals surface area contributed by atoms with Gasteiger partial charge < -0.3 is 13.7 Å². The summed E-state index contributed by atoms with van der Waals surface area (Å²) in [5.74, 6) is 1.76. The number of nitrogens with zero attached hydrogens (tertiary/aromatic N) is 6. The summed E-state index contributed by atoms with van der Waals surface area (Å²) in [6, 6.07) is 98.9. The van der Waals surface area contributed by atoms with E-state index in [1.54, 1.807) is 0 Å². The van der Waals surface area contributed by atoms with Crippen LogP contribution < -0.4 is 0 Å². The molecule has 0 unspecified atom stereocenters. The fraction of sp³-hybridized carbons (Fsp3) is 0.0385. The average molecular weight is 1080 g/mol. The van der Waals surface area contributed by atoms with Crippen molar-refractivity contribution in [3.63, 3.8) is 0 Å². The molecule has 0 aliphatic heterocycles. The molecule has 396 valence electrons. The lowest BCUT2D eigenvalue weighted by Gasteiger charge is -2.24. The molecule has 0 spiro atoms. The van der Waals surface area contributed by atoms with E-state index in [2.05, 4.69) is 271 Å². The Labute approximate surface area is 486 Å². The highest BCUT2D eigenvalue weighted by Gasteiger charge is 2.28. The molecule has 0 radical (unpaired) electrons. The van der Waals surface area contributed by atoms with Gasteiger partial charge in [-0.15, -0.1) is 0 Å². The molecule has 0 aliphatic carbocycles. The first kappa shape index (κ1) is 48.9. The van der Waals surface area contributed by atoms with E-state index >= 15 is 0 Å². The Morgan fingerprint density at radius 1 is 0.250 bits per heavy atom. The molecule has 0 aliphatic rings. The fourth-order valence-electron chi connectivity index (χ4n) is 13.5. The van der Waals surface area contributed by atoms with Crippen molar-refractivity contribution >= 4 is 65.4 Å². The molecule has 0 N–H and O–H groups in total. The van der Waals surface area contributed by atoms with Crippen molar-refractivity contribution in [3.05, 3.63) is 290 Å². The monoisotopic (exact) mass is 1070 g/mol. The summed E-state index contributed by atoms with van der Waals surface area (Å²) >= 11 is 0. The third-order valence-corrected chi connectivity index (χ3v) is 17.0. The summed E-state index contributed by atoms with van der Waals surface area (Å²) in [5, 5.41) is 7.13. The minimum absolute atomic E-state index is 0.566. The summed E-state index contributed by atoms with van der Waals surface area (Å²) in [7, 11) is 0. The number of benzene rings is 12. The number of hydrogen-bond acceptors (Lipinski definition) is 3. The van der Waals surface area contributed by atoms with Gasteiger partial charge in [0.05, 0.1) is 50.2 Å². The van der Waals surface area contributed by atoms with Crippen molar-refractivity contribution in [1.29, 1.82) is 0 Å². The molecular weight excluding hydrogens is 1020 g/mol. The van der Waals surface area contributed by atoms with Crippen LogP contribution in [0.25, 0.3) is 150 Å². The molecule has 84 heavy (non-hydrogen) atoms. The number of para-hydroxylation sites is 7. The number of hydrogen-bond donors (Lipinski definition) is 0. The molecular formula is C78H54N6. The van der Waals surface area contributed by atoms with Gasteiger partial charge in [-0.05, 0) is 110 Å². The SMILES string of the molecule is Cc1cc(C)c(-c2ccc3c(c2)c2ccccc2n3-c2c(-c3ccccc3-n3c4ccccc4c4ccccc43)cc(-c3nc(-c4ccccc4)nc(-c4ccccc4)n3)cc2-c2ccccc2-n2c3ccccc3c3ccccc32)c(C)c1. The smallest absolute Gasteiger partial charge is 0.164 e. The lowest BCUT2D eigenvalue weighted by atomic mass is 9.90. The molecule has 4 aromatic heterocycles. The van der Waals surface area contributed by atoms with Gasteiger partial charge in [-0.2, -0.15) is 0 Å². The van der Waals surface area contributed by atoms with Gasteiger partial charge in [0.2, 0.25) is 0 Å². The van der Waals surface area contributed by atoms with Crippen molar-refractivity contribution in [2.24, 2.45) is 0 Å². The zero-order valence-corrected chi connectivity index (χ0v) is 46.7. The average Bonchev–Trinajstić information content (AvgIpc) is 1.78. The third kappa shape index (κ3) is 7.83. The molecule has 6 nitrogen and oxygen atoms in total. The van der Waals surface area contributed by atoms with Gasteiger partial charge in [0, 0.05) is 71.3 Å². The number of aryl methyl sites for hydroxylation is 3. The lowest BCUT2D eigenvalue weighted by Crippen LogP contribution is -2.07. The minimum atomic E-state index is 0.566. The van der Waals surface area contributed by atoms with Crippen LogP contribution in [-0.2, 0) is 0 Å². The molecule has 16 rings (SSSR count). The molecule has 0 saturated carbocycles. The van der Waals surface area contributed by atoms with E-state index in [4.69, 9.17) is 15.0 Å². The topological polar surface area (TPSA) is 53.5 Å². The zero-order valence-electron chi connectivity index (χ0n) is 46.7. The number of fused-ring (bicyclic) bond motifs is 9. The van der Waals surface area contributed by atoms with E-state index in [-0.39, 0.29) is 0 Å². The Morgan fingerprint density at radius 3 is 1.04 bits per heavy atom. The van der Waals surface area contributed by atoms with Crippen molar-refractivity contribution in [3.8, 4) is 84.6 Å². The molecule has 16 aromatic rings. The van der Waals surface area contributed by atoms with Gasteiger partial charge in [0.25, 0.3) is 0 Å². The Balaban J connectivity index is 1.09. The van der Waals surface area contributed by atoms with Gasteiger partial charge in [-0.3, -0.25) is 0 Å². The fourth-order valence-corrected chi connectivity index (χ4v) is 13.5. The zero-order chi connectivity index (χ0) is 56.0. The van der Waals surface area contributed by atoms with Crippen molar-refractivity contribution in [2.75, 3.05) is 0 Å². The van der Waals surface area contributed by atoms with Crippen molar-refractivity contribution in [1.82, 2.24) is 28.7 Å². The highest BCUT2D eigenvalue weighted by molar-refractivity contribution is 6.14. The Kier molecular flexibility index (Phi) is 11.4. The Morgan fingerprint density at radius 2 is 0.595 bits per heavy atom. The molecule has 12 aromatic carbocycles. The second-order valence-corrected chi connectivity index (χ2v) is 22.1. The van der Waals surface area contributed by atoms with Crippen LogP contribution in [0.5, 0.6) is 0 Å². The molecule has 6 heteroatoms. The van der Waals surface area contributed by atoms with Crippen LogP contribution in [0.15, 0.2) is 273 Å². The lowest BCUT2D eigenvalue weighted by molar-refractivity contribution is 1.07. The van der Waals surface area contributed by atoms with E-state index in [0.29, 0.717) is 17.5 Å². The predicted molar refractivity (Wildman–Crippen MR) is 350 cm³/mol. The summed E-state index contributed by atoms with van der Waals surface area (Å²) < 4.78 is 7.45. The van der Waals surface area contributed by atoms with Gasteiger partial charge in [-0.1, -0.05) is 212 Å². The first-order chi connectivity index (χ1) is 41.4. The van der Waals surface area contributed by atoms with Crippen LogP contribution in [0, 0.1) is 20.8 Å². The first-order valence-electron chi connectivity index (χ1n) is 28.8. The van der Waals surface area contributed by atoms with Crippen molar-refractivity contribution in [2.45, 2.75) is 20.8 Å². The molecule has 0 atom stereocenters. The summed E-state index contributed by atoms with van der Waals surface area (Å²) in [6.07, 6.45) is 0. The van der Waals surface area contributed by atoms with Crippen LogP contribution in [0.1, 0.15) is 16.7 Å². The minimum Gasteiger partial charge on any atom is -0.309 e. The maximum Gasteiger partial charge on any atom is 0.164 e. The molecule has 0 bridgehead atoms. The summed E-state index contributed by atoms with van der Waals surface area (Å²) in [5.41, 5.74) is 22.9. The summed E-state index contributed by atoms with van der Waals surface area (Å²) in [6.45, 7) is 6.67. The van der Waals surface area contributed by atoms with Crippen LogP contribution >= 0.6 is 0 Å². The maximum atomic E-state index is 5.49. The van der Waals surface area contributed by atoms with Gasteiger partial charge >= 0.3 is 0 Å². The predicted octanol–water partition coefficient (Wildman–Crippen LogP) is 20.1. The normalized spacial score (nSPS) is 11.8.